The van der Waals surface area contributed by atoms with Gasteiger partial charge in [-0.25, -0.2) is 4.79 Å². The van der Waals surface area contributed by atoms with Gasteiger partial charge in [0.2, 0.25) is 0 Å². The predicted molar refractivity (Wildman–Crippen MR) is 57.2 cm³/mol. The molecule has 0 amide bonds. The molecule has 0 aromatic carbocycles. The topological polar surface area (TPSA) is 50.2 Å². The van der Waals surface area contributed by atoms with E-state index in [2.05, 4.69) is 4.98 Å². The molecule has 1 N–H and O–H groups in total. The summed E-state index contributed by atoms with van der Waals surface area (Å²) in [5, 5.41) is 9.00. The van der Waals surface area contributed by atoms with E-state index in [9.17, 15) is 4.79 Å². The van der Waals surface area contributed by atoms with Crippen molar-refractivity contribution in [2.75, 3.05) is 0 Å². The number of aryl methyl sites for hydroxylation is 1. The molecule has 0 atom stereocenters. The van der Waals surface area contributed by atoms with E-state index in [4.69, 9.17) is 5.11 Å². The maximum absolute atomic E-state index is 11.0. The maximum Gasteiger partial charge on any atom is 0.337 e. The molecular formula is C12H15NO2. The lowest BCUT2D eigenvalue weighted by atomic mass is 10.1. The van der Waals surface area contributed by atoms with Crippen LogP contribution in [0.1, 0.15) is 53.8 Å². The highest BCUT2D eigenvalue weighted by molar-refractivity contribution is 5.88. The number of hydrogen-bond acceptors (Lipinski definition) is 2. The van der Waals surface area contributed by atoms with E-state index < -0.39 is 5.97 Å². The number of hydrogen-bond donors (Lipinski definition) is 1. The second-order valence-electron chi connectivity index (χ2n) is 4.06. The normalized spacial score (nSPS) is 15.3. The van der Waals surface area contributed by atoms with Crippen LogP contribution < -0.4 is 0 Å². The number of pyridine rings is 1. The van der Waals surface area contributed by atoms with Crippen LogP contribution >= 0.6 is 0 Å². The highest BCUT2D eigenvalue weighted by Gasteiger charge is 2.26. The highest BCUT2D eigenvalue weighted by atomic mass is 16.4. The van der Waals surface area contributed by atoms with Gasteiger partial charge in [-0.15, -0.1) is 0 Å². The Hall–Kier alpha value is -1.38. The summed E-state index contributed by atoms with van der Waals surface area (Å²) in [5.41, 5.74) is 2.18. The third kappa shape index (κ3) is 2.17. The first-order valence-electron chi connectivity index (χ1n) is 5.45. The van der Waals surface area contributed by atoms with Crippen molar-refractivity contribution in [3.05, 3.63) is 29.1 Å². The van der Waals surface area contributed by atoms with Crippen molar-refractivity contribution in [2.24, 2.45) is 0 Å². The zero-order valence-electron chi connectivity index (χ0n) is 8.86. The van der Waals surface area contributed by atoms with Gasteiger partial charge in [-0.3, -0.25) is 4.98 Å². The van der Waals surface area contributed by atoms with Crippen molar-refractivity contribution < 1.29 is 9.90 Å². The second-order valence-corrected chi connectivity index (χ2v) is 4.06. The number of aromatic carboxylic acids is 1. The largest absolute Gasteiger partial charge is 0.478 e. The van der Waals surface area contributed by atoms with Crippen LogP contribution in [0.3, 0.4) is 0 Å². The Morgan fingerprint density at radius 1 is 1.53 bits per heavy atom. The molecule has 2 rings (SSSR count). The van der Waals surface area contributed by atoms with Gasteiger partial charge in [0.1, 0.15) is 0 Å². The van der Waals surface area contributed by atoms with Gasteiger partial charge >= 0.3 is 5.97 Å². The summed E-state index contributed by atoms with van der Waals surface area (Å²) in [6, 6.07) is 3.56. The number of carbonyl (C=O) groups is 1. The minimum absolute atomic E-state index is 0.362. The number of carboxylic acid groups (broad SMARTS) is 1. The van der Waals surface area contributed by atoms with Crippen molar-refractivity contribution in [1.82, 2.24) is 4.98 Å². The zero-order chi connectivity index (χ0) is 10.8. The van der Waals surface area contributed by atoms with E-state index in [1.165, 1.54) is 12.8 Å². The summed E-state index contributed by atoms with van der Waals surface area (Å²) in [6.07, 6.45) is 4.08. The zero-order valence-corrected chi connectivity index (χ0v) is 8.86. The lowest BCUT2D eigenvalue weighted by Crippen LogP contribution is -2.06. The molecular weight excluding hydrogens is 190 g/mol. The average molecular weight is 205 g/mol. The predicted octanol–water partition coefficient (Wildman–Crippen LogP) is 2.61. The van der Waals surface area contributed by atoms with E-state index >= 15 is 0 Å². The monoisotopic (exact) mass is 205 g/mol. The molecule has 1 fully saturated rings. The van der Waals surface area contributed by atoms with Crippen molar-refractivity contribution in [3.63, 3.8) is 0 Å². The summed E-state index contributed by atoms with van der Waals surface area (Å²) < 4.78 is 0. The first-order chi connectivity index (χ1) is 7.22. The van der Waals surface area contributed by atoms with Crippen LogP contribution in [0, 0.1) is 0 Å². The van der Waals surface area contributed by atoms with Crippen LogP contribution in [-0.4, -0.2) is 16.1 Å². The van der Waals surface area contributed by atoms with Crippen molar-refractivity contribution in [3.8, 4) is 0 Å². The third-order valence-corrected chi connectivity index (χ3v) is 2.71. The van der Waals surface area contributed by atoms with E-state index in [1.54, 1.807) is 6.07 Å². The van der Waals surface area contributed by atoms with Crippen LogP contribution in [0.25, 0.3) is 0 Å². The quantitative estimate of drug-likeness (QED) is 0.822. The molecule has 1 saturated carbocycles. The second kappa shape index (κ2) is 4.01. The first-order valence-corrected chi connectivity index (χ1v) is 5.45. The molecule has 1 aromatic rings. The van der Waals surface area contributed by atoms with Crippen LogP contribution in [0.2, 0.25) is 0 Å². The molecule has 0 spiro atoms. The maximum atomic E-state index is 11.0. The van der Waals surface area contributed by atoms with E-state index in [0.29, 0.717) is 11.5 Å². The summed E-state index contributed by atoms with van der Waals surface area (Å²) in [6.45, 7) is 2.04. The minimum atomic E-state index is -0.867. The fourth-order valence-electron chi connectivity index (χ4n) is 1.75. The van der Waals surface area contributed by atoms with Gasteiger partial charge in [-0.2, -0.15) is 0 Å². The lowest BCUT2D eigenvalue weighted by Gasteiger charge is -2.06. The molecule has 3 nitrogen and oxygen atoms in total. The molecule has 1 heterocycles. The molecule has 80 valence electrons. The van der Waals surface area contributed by atoms with Crippen LogP contribution in [0.15, 0.2) is 12.1 Å². The number of rotatable bonds is 4. The van der Waals surface area contributed by atoms with E-state index in [1.807, 2.05) is 13.0 Å². The molecule has 0 radical (unpaired) electrons. The molecule has 0 aliphatic heterocycles. The first kappa shape index (κ1) is 10.1. The Morgan fingerprint density at radius 3 is 2.80 bits per heavy atom. The van der Waals surface area contributed by atoms with Gasteiger partial charge in [0.05, 0.1) is 11.3 Å². The summed E-state index contributed by atoms with van der Waals surface area (Å²) in [4.78, 5) is 15.4. The van der Waals surface area contributed by atoms with Gasteiger partial charge < -0.3 is 5.11 Å². The Morgan fingerprint density at radius 2 is 2.27 bits per heavy atom. The van der Waals surface area contributed by atoms with E-state index in [-0.39, 0.29) is 0 Å². The van der Waals surface area contributed by atoms with Crippen molar-refractivity contribution >= 4 is 5.97 Å². The average Bonchev–Trinajstić information content (AvgIpc) is 3.01. The van der Waals surface area contributed by atoms with Gasteiger partial charge in [0.25, 0.3) is 0 Å². The molecule has 0 saturated heterocycles. The standard InChI is InChI=1S/C12H15NO2/c1-2-3-11-9(12(14)15)6-7-10(13-11)8-4-5-8/h6-8H,2-5H2,1H3,(H,14,15). The lowest BCUT2D eigenvalue weighted by molar-refractivity contribution is 0.0695. The molecule has 3 heteroatoms. The van der Waals surface area contributed by atoms with Gasteiger partial charge in [-0.05, 0) is 31.4 Å². The minimum Gasteiger partial charge on any atom is -0.478 e. The number of nitrogens with zero attached hydrogens (tertiary/aromatic N) is 1. The molecule has 1 aliphatic carbocycles. The van der Waals surface area contributed by atoms with Crippen molar-refractivity contribution in [1.29, 1.82) is 0 Å². The summed E-state index contributed by atoms with van der Waals surface area (Å²) >= 11 is 0. The van der Waals surface area contributed by atoms with Crippen LogP contribution in [-0.2, 0) is 6.42 Å². The van der Waals surface area contributed by atoms with Crippen molar-refractivity contribution in [2.45, 2.75) is 38.5 Å². The number of aromatic nitrogens is 1. The molecule has 15 heavy (non-hydrogen) atoms. The fraction of sp³-hybridized carbons (Fsp3) is 0.500. The Labute approximate surface area is 89.2 Å². The Bertz CT molecular complexity index is 383. The van der Waals surface area contributed by atoms with Crippen LogP contribution in [0.5, 0.6) is 0 Å². The molecule has 1 aromatic heterocycles. The van der Waals surface area contributed by atoms with Gasteiger partial charge in [0.15, 0.2) is 0 Å². The molecule has 0 unspecified atom stereocenters. The Balaban J connectivity index is 2.34. The third-order valence-electron chi connectivity index (χ3n) is 2.71. The van der Waals surface area contributed by atoms with Gasteiger partial charge in [0, 0.05) is 11.6 Å². The van der Waals surface area contributed by atoms with E-state index in [0.717, 1.165) is 24.2 Å². The van der Waals surface area contributed by atoms with Gasteiger partial charge in [-0.1, -0.05) is 13.3 Å². The summed E-state index contributed by atoms with van der Waals surface area (Å²) in [5.74, 6) is -0.281. The van der Waals surface area contributed by atoms with Crippen LogP contribution in [0.4, 0.5) is 0 Å². The molecule has 1 aliphatic rings. The SMILES string of the molecule is CCCc1nc(C2CC2)ccc1C(=O)O. The smallest absolute Gasteiger partial charge is 0.337 e. The number of carboxylic acids is 1. The fourth-order valence-corrected chi connectivity index (χ4v) is 1.75. The summed E-state index contributed by atoms with van der Waals surface area (Å²) in [7, 11) is 0. The highest BCUT2D eigenvalue weighted by Crippen LogP contribution is 2.39. The Kier molecular flexibility index (Phi) is 2.71. The molecule has 0 bridgehead atoms.